The summed E-state index contributed by atoms with van der Waals surface area (Å²) in [5, 5.41) is 8.70. The zero-order valence-corrected chi connectivity index (χ0v) is 11.4. The van der Waals surface area contributed by atoms with Crippen LogP contribution in [0.4, 0.5) is 4.39 Å². The molecule has 0 bridgehead atoms. The van der Waals surface area contributed by atoms with Crippen molar-refractivity contribution in [2.24, 2.45) is 0 Å². The van der Waals surface area contributed by atoms with Gasteiger partial charge in [0.15, 0.2) is 0 Å². The summed E-state index contributed by atoms with van der Waals surface area (Å²) in [6.07, 6.45) is 1.94. The molecule has 1 aromatic carbocycles. The molecule has 0 fully saturated rings. The number of benzene rings is 1. The summed E-state index contributed by atoms with van der Waals surface area (Å²) in [5.41, 5.74) is 0.855. The minimum Gasteiger partial charge on any atom is -0.206 e. The van der Waals surface area contributed by atoms with Crippen LogP contribution in [0.25, 0.3) is 10.4 Å². The third-order valence-corrected chi connectivity index (χ3v) is 3.62. The SMILES string of the molecule is CCCC#Cc1ccc(-c2ccc(C#N)c(F)c2)s1. The van der Waals surface area contributed by atoms with Gasteiger partial charge in [-0.25, -0.2) is 4.39 Å². The Kier molecular flexibility index (Phi) is 4.34. The van der Waals surface area contributed by atoms with Crippen molar-refractivity contribution in [3.63, 3.8) is 0 Å². The quantitative estimate of drug-likeness (QED) is 0.732. The van der Waals surface area contributed by atoms with Crippen LogP contribution in [-0.2, 0) is 0 Å². The molecule has 0 aliphatic rings. The lowest BCUT2D eigenvalue weighted by molar-refractivity contribution is 0.624. The fourth-order valence-electron chi connectivity index (χ4n) is 1.59. The van der Waals surface area contributed by atoms with E-state index in [-0.39, 0.29) is 5.56 Å². The van der Waals surface area contributed by atoms with Crippen molar-refractivity contribution in [2.45, 2.75) is 19.8 Å². The predicted molar refractivity (Wildman–Crippen MR) is 76.2 cm³/mol. The zero-order valence-electron chi connectivity index (χ0n) is 10.5. The molecule has 1 aromatic heterocycles. The second-order valence-electron chi connectivity index (χ2n) is 4.02. The zero-order chi connectivity index (χ0) is 13.7. The first-order chi connectivity index (χ1) is 9.24. The molecule has 2 rings (SSSR count). The average Bonchev–Trinajstić information content (AvgIpc) is 2.88. The molecule has 1 nitrogen and oxygen atoms in total. The van der Waals surface area contributed by atoms with Crippen LogP contribution >= 0.6 is 11.3 Å². The van der Waals surface area contributed by atoms with Crippen molar-refractivity contribution >= 4 is 11.3 Å². The van der Waals surface area contributed by atoms with Gasteiger partial charge in [0, 0.05) is 11.3 Å². The van der Waals surface area contributed by atoms with Crippen molar-refractivity contribution in [3.8, 4) is 28.4 Å². The maximum absolute atomic E-state index is 13.5. The lowest BCUT2D eigenvalue weighted by Crippen LogP contribution is -1.83. The number of unbranched alkanes of at least 4 members (excludes halogenated alkanes) is 1. The molecule has 0 aliphatic heterocycles. The Labute approximate surface area is 116 Å². The van der Waals surface area contributed by atoms with E-state index < -0.39 is 5.82 Å². The molecule has 0 atom stereocenters. The molecule has 0 spiro atoms. The Balaban J connectivity index is 2.27. The summed E-state index contributed by atoms with van der Waals surface area (Å²) in [6, 6.07) is 10.4. The number of hydrogen-bond acceptors (Lipinski definition) is 2. The number of rotatable bonds is 2. The third kappa shape index (κ3) is 3.22. The summed E-state index contributed by atoms with van der Waals surface area (Å²) in [7, 11) is 0. The van der Waals surface area contributed by atoms with E-state index in [0.717, 1.165) is 28.2 Å². The van der Waals surface area contributed by atoms with Crippen molar-refractivity contribution < 1.29 is 4.39 Å². The fraction of sp³-hybridized carbons (Fsp3) is 0.188. The van der Waals surface area contributed by atoms with E-state index in [1.807, 2.05) is 18.2 Å². The molecular weight excluding hydrogens is 257 g/mol. The Bertz CT molecular complexity index is 683. The lowest BCUT2D eigenvalue weighted by atomic mass is 10.1. The molecule has 2 aromatic rings. The van der Waals surface area contributed by atoms with Crippen molar-refractivity contribution in [2.75, 3.05) is 0 Å². The van der Waals surface area contributed by atoms with E-state index in [4.69, 9.17) is 5.26 Å². The van der Waals surface area contributed by atoms with Crippen LogP contribution < -0.4 is 0 Å². The molecule has 0 amide bonds. The summed E-state index contributed by atoms with van der Waals surface area (Å²) in [4.78, 5) is 1.94. The minimum absolute atomic E-state index is 0.0725. The van der Waals surface area contributed by atoms with Gasteiger partial charge in [-0.15, -0.1) is 11.3 Å². The molecule has 94 valence electrons. The highest BCUT2D eigenvalue weighted by Crippen LogP contribution is 2.28. The van der Waals surface area contributed by atoms with Crippen molar-refractivity contribution in [1.82, 2.24) is 0 Å². The van der Waals surface area contributed by atoms with E-state index >= 15 is 0 Å². The molecule has 0 saturated heterocycles. The van der Waals surface area contributed by atoms with E-state index in [1.165, 1.54) is 23.5 Å². The highest BCUT2D eigenvalue weighted by molar-refractivity contribution is 7.16. The normalized spacial score (nSPS) is 9.53. The van der Waals surface area contributed by atoms with Crippen molar-refractivity contribution in [3.05, 3.63) is 46.6 Å². The third-order valence-electron chi connectivity index (χ3n) is 2.57. The van der Waals surface area contributed by atoms with Gasteiger partial charge in [0.1, 0.15) is 11.9 Å². The first kappa shape index (κ1) is 13.3. The van der Waals surface area contributed by atoms with Crippen LogP contribution in [-0.4, -0.2) is 0 Å². The monoisotopic (exact) mass is 269 g/mol. The molecule has 0 saturated carbocycles. The fourth-order valence-corrected chi connectivity index (χ4v) is 2.47. The Morgan fingerprint density at radius 1 is 1.26 bits per heavy atom. The second-order valence-corrected chi connectivity index (χ2v) is 5.11. The molecule has 0 N–H and O–H groups in total. The van der Waals surface area contributed by atoms with Gasteiger partial charge in [0.25, 0.3) is 0 Å². The smallest absolute Gasteiger partial charge is 0.141 e. The number of thiophene rings is 1. The average molecular weight is 269 g/mol. The van der Waals surface area contributed by atoms with E-state index in [2.05, 4.69) is 18.8 Å². The van der Waals surface area contributed by atoms with Gasteiger partial charge in [-0.05, 0) is 36.2 Å². The molecule has 19 heavy (non-hydrogen) atoms. The minimum atomic E-state index is -0.480. The Hall–Kier alpha value is -2.10. The van der Waals surface area contributed by atoms with Gasteiger partial charge in [-0.1, -0.05) is 24.8 Å². The first-order valence-electron chi connectivity index (χ1n) is 6.03. The maximum Gasteiger partial charge on any atom is 0.141 e. The standard InChI is InChI=1S/C16H12FNS/c1-2-3-4-5-14-8-9-16(19-14)12-6-7-13(11-18)15(17)10-12/h6-10H,2-3H2,1H3. The summed E-state index contributed by atoms with van der Waals surface area (Å²) >= 11 is 1.54. The van der Waals surface area contributed by atoms with Crippen LogP contribution in [0.15, 0.2) is 30.3 Å². The first-order valence-corrected chi connectivity index (χ1v) is 6.85. The van der Waals surface area contributed by atoms with Crippen LogP contribution in [0.1, 0.15) is 30.2 Å². The van der Waals surface area contributed by atoms with Gasteiger partial charge in [0.2, 0.25) is 0 Å². The number of nitrogens with zero attached hydrogens (tertiary/aromatic N) is 1. The predicted octanol–water partition coefficient (Wildman–Crippen LogP) is 4.58. The summed E-state index contributed by atoms with van der Waals surface area (Å²) in [5.74, 6) is 5.70. The van der Waals surface area contributed by atoms with E-state index in [0.29, 0.717) is 0 Å². The number of halogens is 1. The lowest BCUT2D eigenvalue weighted by Gasteiger charge is -1.98. The highest BCUT2D eigenvalue weighted by Gasteiger charge is 2.06. The largest absolute Gasteiger partial charge is 0.206 e. The van der Waals surface area contributed by atoms with Gasteiger partial charge in [-0.3, -0.25) is 0 Å². The van der Waals surface area contributed by atoms with Crippen LogP contribution in [0, 0.1) is 29.0 Å². The van der Waals surface area contributed by atoms with Crippen LogP contribution in [0.3, 0.4) is 0 Å². The van der Waals surface area contributed by atoms with Gasteiger partial charge >= 0.3 is 0 Å². The second kappa shape index (κ2) is 6.18. The van der Waals surface area contributed by atoms with Crippen molar-refractivity contribution in [1.29, 1.82) is 5.26 Å². The molecule has 0 unspecified atom stereocenters. The highest BCUT2D eigenvalue weighted by atomic mass is 32.1. The van der Waals surface area contributed by atoms with E-state index in [1.54, 1.807) is 6.07 Å². The Morgan fingerprint density at radius 2 is 2.11 bits per heavy atom. The Morgan fingerprint density at radius 3 is 2.79 bits per heavy atom. The summed E-state index contributed by atoms with van der Waals surface area (Å²) < 4.78 is 13.5. The topological polar surface area (TPSA) is 23.8 Å². The maximum atomic E-state index is 13.5. The molecule has 3 heteroatoms. The van der Waals surface area contributed by atoms with Gasteiger partial charge < -0.3 is 0 Å². The molecule has 0 radical (unpaired) electrons. The molecular formula is C16H12FNS. The number of nitriles is 1. The number of hydrogen-bond donors (Lipinski definition) is 0. The van der Waals surface area contributed by atoms with Gasteiger partial charge in [0.05, 0.1) is 10.4 Å². The van der Waals surface area contributed by atoms with Gasteiger partial charge in [-0.2, -0.15) is 5.26 Å². The van der Waals surface area contributed by atoms with Crippen LogP contribution in [0.5, 0.6) is 0 Å². The van der Waals surface area contributed by atoms with E-state index in [9.17, 15) is 4.39 Å². The molecule has 0 aliphatic carbocycles. The van der Waals surface area contributed by atoms with Crippen LogP contribution in [0.2, 0.25) is 0 Å². The summed E-state index contributed by atoms with van der Waals surface area (Å²) in [6.45, 7) is 2.09. The molecule has 1 heterocycles.